The number of allylic oxidation sites excluding steroid dienone is 1. The summed E-state index contributed by atoms with van der Waals surface area (Å²) < 4.78 is 11.0. The van der Waals surface area contributed by atoms with Crippen LogP contribution in [-0.4, -0.2) is 54.6 Å². The molecule has 3 atom stereocenters. The fourth-order valence-corrected chi connectivity index (χ4v) is 3.88. The van der Waals surface area contributed by atoms with E-state index in [1.807, 2.05) is 0 Å². The number of anilines is 1. The largest absolute Gasteiger partial charge is 0.501 e. The van der Waals surface area contributed by atoms with Gasteiger partial charge in [0.2, 0.25) is 11.8 Å². The Balaban J connectivity index is 2.30. The normalized spacial score (nSPS) is 16.5. The summed E-state index contributed by atoms with van der Waals surface area (Å²) in [6.07, 6.45) is 11.6. The molecule has 3 unspecified atom stereocenters. The number of methoxy groups -OCH3 is 1. The lowest BCUT2D eigenvalue weighted by Gasteiger charge is -2.23. The molecular weight excluding hydrogens is 504 g/mol. The highest BCUT2D eigenvalue weighted by molar-refractivity contribution is 6.05. The maximum atomic E-state index is 13.4. The van der Waals surface area contributed by atoms with Crippen LogP contribution >= 0.6 is 0 Å². The number of hydrogen-bond donors (Lipinski definition) is 3. The summed E-state index contributed by atoms with van der Waals surface area (Å²) in [5.74, 6) is 0.530. The van der Waals surface area contributed by atoms with Gasteiger partial charge in [-0.3, -0.25) is 19.2 Å². The number of pyridine rings is 1. The van der Waals surface area contributed by atoms with E-state index in [2.05, 4.69) is 28.4 Å². The summed E-state index contributed by atoms with van der Waals surface area (Å²) in [4.78, 5) is 63.1. The number of esters is 1. The van der Waals surface area contributed by atoms with E-state index in [1.165, 1.54) is 43.7 Å². The predicted molar refractivity (Wildman–Crippen MR) is 145 cm³/mol. The van der Waals surface area contributed by atoms with Gasteiger partial charge in [0.05, 0.1) is 19.5 Å². The summed E-state index contributed by atoms with van der Waals surface area (Å²) in [6.45, 7) is 7.68. The molecule has 1 aromatic rings. The first-order chi connectivity index (χ1) is 18.6. The standard InChI is InChI=1S/C28H34N4O7/c1-6-9-23(32-15-8-10-22(28(32)37)31-25(34)18(3)16-19(4)38-5)27(36)30-21(11-12-24(33)39-7-2)17-20-13-14-29-26(20)35/h1,8,10-12,15-16,20-21,23H,3,7,9,13-14,17H2,2,4-5H3,(H,29,35)(H,30,36)(H,31,34)/b12-11+,19-16-. The molecule has 3 amide bonds. The van der Waals surface area contributed by atoms with Crippen LogP contribution in [-0.2, 0) is 28.7 Å². The minimum absolute atomic E-state index is 0.0641. The van der Waals surface area contributed by atoms with Gasteiger partial charge in [0.1, 0.15) is 11.7 Å². The highest BCUT2D eigenvalue weighted by Crippen LogP contribution is 2.19. The van der Waals surface area contributed by atoms with Crippen molar-refractivity contribution in [2.75, 3.05) is 25.6 Å². The Morgan fingerprint density at radius 3 is 2.72 bits per heavy atom. The zero-order valence-corrected chi connectivity index (χ0v) is 22.3. The van der Waals surface area contributed by atoms with Crippen LogP contribution in [0.2, 0.25) is 0 Å². The molecule has 0 aliphatic carbocycles. The molecule has 208 valence electrons. The summed E-state index contributed by atoms with van der Waals surface area (Å²) >= 11 is 0. The minimum atomic E-state index is -1.13. The Labute approximate surface area is 227 Å². The van der Waals surface area contributed by atoms with Crippen molar-refractivity contribution in [1.82, 2.24) is 15.2 Å². The molecule has 3 N–H and O–H groups in total. The van der Waals surface area contributed by atoms with Crippen molar-refractivity contribution in [3.8, 4) is 12.3 Å². The van der Waals surface area contributed by atoms with E-state index in [0.717, 1.165) is 4.57 Å². The minimum Gasteiger partial charge on any atom is -0.501 e. The van der Waals surface area contributed by atoms with Crippen LogP contribution in [0.4, 0.5) is 5.69 Å². The molecule has 0 spiro atoms. The molecule has 2 rings (SSSR count). The molecule has 0 aromatic carbocycles. The molecule has 1 saturated heterocycles. The van der Waals surface area contributed by atoms with E-state index in [9.17, 15) is 24.0 Å². The number of nitrogens with zero attached hydrogens (tertiary/aromatic N) is 1. The maximum Gasteiger partial charge on any atom is 0.330 e. The molecule has 0 radical (unpaired) electrons. The Kier molecular flexibility index (Phi) is 11.8. The van der Waals surface area contributed by atoms with Gasteiger partial charge < -0.3 is 30.0 Å². The third-order valence-corrected chi connectivity index (χ3v) is 5.94. The van der Waals surface area contributed by atoms with Crippen LogP contribution in [0.5, 0.6) is 0 Å². The van der Waals surface area contributed by atoms with Crippen molar-refractivity contribution in [2.45, 2.75) is 45.2 Å². The topological polar surface area (TPSA) is 145 Å². The second kappa shape index (κ2) is 15.0. The highest BCUT2D eigenvalue weighted by Gasteiger charge is 2.29. The van der Waals surface area contributed by atoms with E-state index < -0.39 is 35.4 Å². The van der Waals surface area contributed by atoms with Crippen molar-refractivity contribution in [3.05, 3.63) is 64.8 Å². The van der Waals surface area contributed by atoms with E-state index >= 15 is 0 Å². The molecule has 39 heavy (non-hydrogen) atoms. The molecule has 1 aromatic heterocycles. The van der Waals surface area contributed by atoms with Gasteiger partial charge >= 0.3 is 5.97 Å². The van der Waals surface area contributed by atoms with Gasteiger partial charge in [-0.15, -0.1) is 12.3 Å². The molecule has 1 fully saturated rings. The van der Waals surface area contributed by atoms with E-state index in [-0.39, 0.29) is 42.5 Å². The summed E-state index contributed by atoms with van der Waals surface area (Å²) in [5.41, 5.74) is -0.673. The number of aromatic nitrogens is 1. The van der Waals surface area contributed by atoms with Crippen LogP contribution in [0.15, 0.2) is 59.3 Å². The van der Waals surface area contributed by atoms with Crippen molar-refractivity contribution in [1.29, 1.82) is 0 Å². The number of hydrogen-bond acceptors (Lipinski definition) is 7. The van der Waals surface area contributed by atoms with Crippen LogP contribution in [0.1, 0.15) is 39.2 Å². The van der Waals surface area contributed by atoms with E-state index in [1.54, 1.807) is 13.8 Å². The lowest BCUT2D eigenvalue weighted by molar-refractivity contribution is -0.137. The first-order valence-electron chi connectivity index (χ1n) is 12.4. The highest BCUT2D eigenvalue weighted by atomic mass is 16.5. The summed E-state index contributed by atoms with van der Waals surface area (Å²) in [6, 6.07) is 1.04. The molecule has 0 saturated carbocycles. The molecule has 11 nitrogen and oxygen atoms in total. The molecular formula is C28H34N4O7. The van der Waals surface area contributed by atoms with Crippen LogP contribution in [0.3, 0.4) is 0 Å². The number of ether oxygens (including phenoxy) is 2. The monoisotopic (exact) mass is 538 g/mol. The summed E-state index contributed by atoms with van der Waals surface area (Å²) in [7, 11) is 1.45. The fraction of sp³-hybridized carbons (Fsp3) is 0.393. The quantitative estimate of drug-likeness (QED) is 0.114. The number of carbonyl (C=O) groups is 4. The maximum absolute atomic E-state index is 13.4. The Hall–Kier alpha value is -4.59. The van der Waals surface area contributed by atoms with Crippen molar-refractivity contribution < 1.29 is 28.7 Å². The molecule has 11 heteroatoms. The smallest absolute Gasteiger partial charge is 0.330 e. The average Bonchev–Trinajstić information content (AvgIpc) is 3.31. The zero-order valence-electron chi connectivity index (χ0n) is 22.3. The van der Waals surface area contributed by atoms with Crippen molar-refractivity contribution in [2.24, 2.45) is 5.92 Å². The van der Waals surface area contributed by atoms with Crippen LogP contribution in [0.25, 0.3) is 0 Å². The van der Waals surface area contributed by atoms with Gasteiger partial charge in [-0.1, -0.05) is 12.7 Å². The first-order valence-corrected chi connectivity index (χ1v) is 12.4. The zero-order chi connectivity index (χ0) is 28.9. The third-order valence-electron chi connectivity index (χ3n) is 5.94. The molecule has 0 bridgehead atoms. The lowest BCUT2D eigenvalue weighted by atomic mass is 9.97. The van der Waals surface area contributed by atoms with Crippen LogP contribution in [0, 0.1) is 18.3 Å². The van der Waals surface area contributed by atoms with E-state index in [0.29, 0.717) is 18.7 Å². The average molecular weight is 539 g/mol. The van der Waals surface area contributed by atoms with Crippen molar-refractivity contribution >= 4 is 29.4 Å². The second-order valence-electron chi connectivity index (χ2n) is 8.74. The number of amides is 3. The predicted octanol–water partition coefficient (Wildman–Crippen LogP) is 1.59. The third kappa shape index (κ3) is 9.03. The lowest BCUT2D eigenvalue weighted by Crippen LogP contribution is -2.43. The Bertz CT molecular complexity index is 1260. The van der Waals surface area contributed by atoms with Gasteiger partial charge in [-0.05, 0) is 44.9 Å². The van der Waals surface area contributed by atoms with Crippen LogP contribution < -0.4 is 21.5 Å². The SMILES string of the molecule is C#CCC(C(=O)NC(/C=C/C(=O)OCC)CC1CCNC1=O)n1cccc(NC(=O)C(=C)/C=C(/C)OC)c1=O. The van der Waals surface area contributed by atoms with E-state index in [4.69, 9.17) is 15.9 Å². The number of rotatable bonds is 13. The Morgan fingerprint density at radius 2 is 2.10 bits per heavy atom. The van der Waals surface area contributed by atoms with Gasteiger partial charge in [0.25, 0.3) is 11.5 Å². The number of nitrogens with one attached hydrogen (secondary N) is 3. The number of terminal acetylenes is 1. The molecule has 1 aliphatic heterocycles. The van der Waals surface area contributed by atoms with Gasteiger partial charge in [-0.25, -0.2) is 4.79 Å². The second-order valence-corrected chi connectivity index (χ2v) is 8.74. The van der Waals surface area contributed by atoms with Gasteiger partial charge in [0.15, 0.2) is 0 Å². The van der Waals surface area contributed by atoms with Gasteiger partial charge in [-0.2, -0.15) is 0 Å². The summed E-state index contributed by atoms with van der Waals surface area (Å²) in [5, 5.41) is 8.02. The fourth-order valence-electron chi connectivity index (χ4n) is 3.88. The number of carbonyl (C=O) groups excluding carboxylic acids is 4. The molecule has 2 heterocycles. The Morgan fingerprint density at radius 1 is 1.36 bits per heavy atom. The molecule has 1 aliphatic rings. The first kappa shape index (κ1) is 30.6. The van der Waals surface area contributed by atoms with Gasteiger partial charge in [0, 0.05) is 42.8 Å². The van der Waals surface area contributed by atoms with Crippen molar-refractivity contribution in [3.63, 3.8) is 0 Å².